The molecule has 0 amide bonds. The number of nitrogens with zero attached hydrogens (tertiary/aromatic N) is 1. The van der Waals surface area contributed by atoms with Crippen molar-refractivity contribution in [2.45, 2.75) is 0 Å². The fraction of sp³-hybridized carbons (Fsp3) is 0. The molecule has 0 bridgehead atoms. The molecule has 0 N–H and O–H groups in total. The molecule has 3 heteroatoms. The van der Waals surface area contributed by atoms with Crippen molar-refractivity contribution in [2.75, 3.05) is 0 Å². The van der Waals surface area contributed by atoms with Crippen LogP contribution in [-0.2, 0) is 0 Å². The molecule has 16 heavy (non-hydrogen) atoms. The van der Waals surface area contributed by atoms with E-state index >= 15 is 0 Å². The highest BCUT2D eigenvalue weighted by Crippen LogP contribution is 2.28. The van der Waals surface area contributed by atoms with Gasteiger partial charge >= 0.3 is 0 Å². The van der Waals surface area contributed by atoms with Crippen molar-refractivity contribution in [3.05, 3.63) is 53.7 Å². The highest BCUT2D eigenvalue weighted by atomic mass is 35.5. The lowest BCUT2D eigenvalue weighted by molar-refractivity contribution is 0.457. The monoisotopic (exact) mass is 229 g/mol. The van der Waals surface area contributed by atoms with E-state index in [1.807, 2.05) is 42.5 Å². The average Bonchev–Trinajstić information content (AvgIpc) is 2.78. The first-order valence-corrected chi connectivity index (χ1v) is 5.32. The van der Waals surface area contributed by atoms with Crippen LogP contribution in [0.1, 0.15) is 0 Å². The molecule has 0 aliphatic rings. The van der Waals surface area contributed by atoms with E-state index in [2.05, 4.69) is 5.16 Å². The van der Waals surface area contributed by atoms with Gasteiger partial charge in [0.2, 0.25) is 0 Å². The second-order valence-electron chi connectivity index (χ2n) is 3.56. The summed E-state index contributed by atoms with van der Waals surface area (Å²) >= 11 is 5.86. The molecule has 0 atom stereocenters. The second-order valence-corrected chi connectivity index (χ2v) is 3.99. The normalized spacial score (nSPS) is 10.8. The Balaban J connectivity index is 2.25. The molecule has 0 unspecified atom stereocenters. The van der Waals surface area contributed by atoms with Gasteiger partial charge in [-0.1, -0.05) is 41.0 Å². The quantitative estimate of drug-likeness (QED) is 0.627. The minimum absolute atomic E-state index is 0.730. The van der Waals surface area contributed by atoms with Crippen molar-refractivity contribution in [3.63, 3.8) is 0 Å². The van der Waals surface area contributed by atoms with E-state index in [0.29, 0.717) is 0 Å². The molecule has 0 aliphatic carbocycles. The van der Waals surface area contributed by atoms with Crippen LogP contribution in [0, 0.1) is 0 Å². The predicted molar refractivity (Wildman–Crippen MR) is 64.5 cm³/mol. The Hall–Kier alpha value is -1.80. The Morgan fingerprint density at radius 1 is 1.00 bits per heavy atom. The third-order valence-electron chi connectivity index (χ3n) is 2.54. The molecule has 0 saturated carbocycles. The number of hydrogen-bond acceptors (Lipinski definition) is 2. The summed E-state index contributed by atoms with van der Waals surface area (Å²) in [6.45, 7) is 0. The first-order valence-electron chi connectivity index (χ1n) is 4.94. The molecule has 1 heterocycles. The van der Waals surface area contributed by atoms with E-state index in [1.165, 1.54) is 0 Å². The van der Waals surface area contributed by atoms with Crippen molar-refractivity contribution < 1.29 is 4.52 Å². The SMILES string of the molecule is Clc1ccc(-c2cccc3cnoc23)cc1. The van der Waals surface area contributed by atoms with E-state index in [0.717, 1.165) is 27.1 Å². The van der Waals surface area contributed by atoms with Gasteiger partial charge in [0.25, 0.3) is 0 Å². The van der Waals surface area contributed by atoms with Gasteiger partial charge in [-0.3, -0.25) is 0 Å². The summed E-state index contributed by atoms with van der Waals surface area (Å²) in [4.78, 5) is 0. The molecule has 0 spiro atoms. The third kappa shape index (κ3) is 1.48. The fourth-order valence-electron chi connectivity index (χ4n) is 1.75. The minimum atomic E-state index is 0.730. The van der Waals surface area contributed by atoms with Crippen LogP contribution in [0.25, 0.3) is 22.1 Å². The Morgan fingerprint density at radius 2 is 1.81 bits per heavy atom. The van der Waals surface area contributed by atoms with E-state index < -0.39 is 0 Å². The van der Waals surface area contributed by atoms with Gasteiger partial charge in [0.1, 0.15) is 0 Å². The molecule has 3 rings (SSSR count). The zero-order valence-corrected chi connectivity index (χ0v) is 9.11. The smallest absolute Gasteiger partial charge is 0.174 e. The van der Waals surface area contributed by atoms with Crippen molar-refractivity contribution in [3.8, 4) is 11.1 Å². The summed E-state index contributed by atoms with van der Waals surface area (Å²) in [5.41, 5.74) is 2.92. The molecule has 0 radical (unpaired) electrons. The Bertz CT molecular complexity index is 628. The topological polar surface area (TPSA) is 26.0 Å². The molecule has 2 aromatic carbocycles. The van der Waals surface area contributed by atoms with Gasteiger partial charge in [0.15, 0.2) is 5.58 Å². The zero-order chi connectivity index (χ0) is 11.0. The van der Waals surface area contributed by atoms with Gasteiger partial charge in [0.05, 0.1) is 6.20 Å². The van der Waals surface area contributed by atoms with Crippen LogP contribution in [0.5, 0.6) is 0 Å². The maximum atomic E-state index is 5.86. The summed E-state index contributed by atoms with van der Waals surface area (Å²) < 4.78 is 5.25. The number of hydrogen-bond donors (Lipinski definition) is 0. The molecular weight excluding hydrogens is 222 g/mol. The summed E-state index contributed by atoms with van der Waals surface area (Å²) in [5.74, 6) is 0. The zero-order valence-electron chi connectivity index (χ0n) is 8.35. The number of benzene rings is 2. The van der Waals surface area contributed by atoms with Gasteiger partial charge in [-0.15, -0.1) is 0 Å². The Kier molecular flexibility index (Phi) is 2.15. The lowest BCUT2D eigenvalue weighted by Gasteiger charge is -2.01. The van der Waals surface area contributed by atoms with Crippen LogP contribution in [0.3, 0.4) is 0 Å². The maximum absolute atomic E-state index is 5.86. The van der Waals surface area contributed by atoms with E-state index in [1.54, 1.807) is 6.20 Å². The lowest BCUT2D eigenvalue weighted by atomic mass is 10.0. The van der Waals surface area contributed by atoms with Crippen LogP contribution in [0.15, 0.2) is 53.2 Å². The molecule has 1 aromatic heterocycles. The molecular formula is C13H8ClNO. The van der Waals surface area contributed by atoms with Crippen molar-refractivity contribution >= 4 is 22.6 Å². The van der Waals surface area contributed by atoms with Gasteiger partial charge in [-0.25, -0.2) is 0 Å². The first-order chi connectivity index (χ1) is 7.84. The minimum Gasteiger partial charge on any atom is -0.356 e. The Labute approximate surface area is 97.4 Å². The molecule has 78 valence electrons. The lowest BCUT2D eigenvalue weighted by Crippen LogP contribution is -1.77. The largest absolute Gasteiger partial charge is 0.356 e. The summed E-state index contributed by atoms with van der Waals surface area (Å²) in [7, 11) is 0. The van der Waals surface area contributed by atoms with Crippen LogP contribution in [0.4, 0.5) is 0 Å². The standard InChI is InChI=1S/C13H8ClNO/c14-11-6-4-9(5-7-11)12-3-1-2-10-8-15-16-13(10)12/h1-8H. The van der Waals surface area contributed by atoms with Gasteiger partial charge in [-0.05, 0) is 23.8 Å². The van der Waals surface area contributed by atoms with Crippen LogP contribution >= 0.6 is 11.6 Å². The second kappa shape index (κ2) is 3.65. The van der Waals surface area contributed by atoms with E-state index in [4.69, 9.17) is 16.1 Å². The van der Waals surface area contributed by atoms with E-state index in [9.17, 15) is 0 Å². The maximum Gasteiger partial charge on any atom is 0.174 e. The van der Waals surface area contributed by atoms with Crippen LogP contribution in [-0.4, -0.2) is 5.16 Å². The van der Waals surface area contributed by atoms with Crippen molar-refractivity contribution in [2.24, 2.45) is 0 Å². The molecule has 2 nitrogen and oxygen atoms in total. The predicted octanol–water partition coefficient (Wildman–Crippen LogP) is 4.15. The van der Waals surface area contributed by atoms with Gasteiger partial charge in [-0.2, -0.15) is 0 Å². The van der Waals surface area contributed by atoms with Crippen molar-refractivity contribution in [1.82, 2.24) is 5.16 Å². The van der Waals surface area contributed by atoms with Gasteiger partial charge in [0, 0.05) is 16.0 Å². The van der Waals surface area contributed by atoms with Crippen LogP contribution in [0.2, 0.25) is 5.02 Å². The summed E-state index contributed by atoms with van der Waals surface area (Å²) in [5, 5.41) is 5.54. The number of aromatic nitrogens is 1. The highest BCUT2D eigenvalue weighted by Gasteiger charge is 2.06. The first kappa shape index (κ1) is 9.43. The Morgan fingerprint density at radius 3 is 2.62 bits per heavy atom. The van der Waals surface area contributed by atoms with Crippen molar-refractivity contribution in [1.29, 1.82) is 0 Å². The summed E-state index contributed by atoms with van der Waals surface area (Å²) in [6, 6.07) is 13.7. The molecule has 3 aromatic rings. The third-order valence-corrected chi connectivity index (χ3v) is 2.79. The number of halogens is 1. The fourth-order valence-corrected chi connectivity index (χ4v) is 1.88. The highest BCUT2D eigenvalue weighted by molar-refractivity contribution is 6.30. The average molecular weight is 230 g/mol. The number of rotatable bonds is 1. The van der Waals surface area contributed by atoms with Crippen LogP contribution < -0.4 is 0 Å². The molecule has 0 aliphatic heterocycles. The molecule has 0 saturated heterocycles. The van der Waals surface area contributed by atoms with Gasteiger partial charge < -0.3 is 4.52 Å². The number of fused-ring (bicyclic) bond motifs is 1. The summed E-state index contributed by atoms with van der Waals surface area (Å²) in [6.07, 6.45) is 1.72. The number of para-hydroxylation sites is 1. The van der Waals surface area contributed by atoms with E-state index in [-0.39, 0.29) is 0 Å². The molecule has 0 fully saturated rings.